The van der Waals surface area contributed by atoms with Gasteiger partial charge in [0.15, 0.2) is 0 Å². The molecule has 7 nitrogen and oxygen atoms in total. The Morgan fingerprint density at radius 1 is 1.24 bits per heavy atom. The van der Waals surface area contributed by atoms with E-state index in [0.717, 1.165) is 18.7 Å². The van der Waals surface area contributed by atoms with Gasteiger partial charge in [0.05, 0.1) is 6.04 Å². The van der Waals surface area contributed by atoms with E-state index in [1.165, 1.54) is 0 Å². The predicted molar refractivity (Wildman–Crippen MR) is 84.1 cm³/mol. The van der Waals surface area contributed by atoms with E-state index in [9.17, 15) is 0 Å². The van der Waals surface area contributed by atoms with Gasteiger partial charge in [-0.25, -0.2) is 0 Å². The normalized spacial score (nSPS) is 12.0. The maximum Gasteiger partial charge on any atom is 0.231 e. The van der Waals surface area contributed by atoms with E-state index >= 15 is 0 Å². The Morgan fingerprint density at radius 2 is 2.00 bits per heavy atom. The quantitative estimate of drug-likeness (QED) is 0.837. The third-order valence-corrected chi connectivity index (χ3v) is 3.22. The van der Waals surface area contributed by atoms with Gasteiger partial charge in [-0.05, 0) is 32.4 Å². The highest BCUT2D eigenvalue weighted by atomic mass is 15.3. The van der Waals surface area contributed by atoms with Gasteiger partial charge in [0.2, 0.25) is 17.8 Å². The Balaban J connectivity index is 2.20. The van der Waals surface area contributed by atoms with Gasteiger partial charge >= 0.3 is 0 Å². The van der Waals surface area contributed by atoms with Crippen LogP contribution in [-0.4, -0.2) is 33.0 Å². The summed E-state index contributed by atoms with van der Waals surface area (Å²) in [6.45, 7) is 7.76. The van der Waals surface area contributed by atoms with E-state index in [1.807, 2.05) is 30.2 Å². The average Bonchev–Trinajstić information content (AvgIpc) is 2.49. The van der Waals surface area contributed by atoms with Crippen LogP contribution >= 0.6 is 0 Å². The molecule has 0 amide bonds. The van der Waals surface area contributed by atoms with Crippen molar-refractivity contribution in [2.45, 2.75) is 26.8 Å². The molecule has 0 radical (unpaired) electrons. The van der Waals surface area contributed by atoms with Gasteiger partial charge in [-0.3, -0.25) is 4.98 Å². The maximum absolute atomic E-state index is 5.78. The van der Waals surface area contributed by atoms with Crippen molar-refractivity contribution < 1.29 is 0 Å². The van der Waals surface area contributed by atoms with Gasteiger partial charge in [0.25, 0.3) is 0 Å². The van der Waals surface area contributed by atoms with Crippen LogP contribution in [-0.2, 0) is 0 Å². The van der Waals surface area contributed by atoms with Crippen molar-refractivity contribution in [3.05, 3.63) is 30.1 Å². The number of hydrogen-bond acceptors (Lipinski definition) is 7. The molecule has 2 heterocycles. The highest BCUT2D eigenvalue weighted by Crippen LogP contribution is 2.18. The van der Waals surface area contributed by atoms with E-state index in [-0.39, 0.29) is 12.0 Å². The van der Waals surface area contributed by atoms with Crippen molar-refractivity contribution in [3.8, 4) is 0 Å². The Kier molecular flexibility index (Phi) is 4.86. The molecular formula is C14H21N7. The van der Waals surface area contributed by atoms with E-state index in [1.54, 1.807) is 6.20 Å². The second kappa shape index (κ2) is 6.83. The highest BCUT2D eigenvalue weighted by molar-refractivity contribution is 5.42. The van der Waals surface area contributed by atoms with Gasteiger partial charge < -0.3 is 16.0 Å². The molecule has 0 fully saturated rings. The number of anilines is 3. The van der Waals surface area contributed by atoms with Crippen molar-refractivity contribution in [2.24, 2.45) is 0 Å². The minimum Gasteiger partial charge on any atom is -0.368 e. The number of hydrogen-bond donors (Lipinski definition) is 2. The molecule has 0 spiro atoms. The summed E-state index contributed by atoms with van der Waals surface area (Å²) in [5.74, 6) is 1.28. The lowest BCUT2D eigenvalue weighted by atomic mass is 10.1. The lowest BCUT2D eigenvalue weighted by Crippen LogP contribution is -2.25. The smallest absolute Gasteiger partial charge is 0.231 e. The Hall–Kier alpha value is -2.44. The zero-order valence-corrected chi connectivity index (χ0v) is 12.6. The molecule has 0 bridgehead atoms. The van der Waals surface area contributed by atoms with Crippen LogP contribution in [0.1, 0.15) is 32.4 Å². The monoisotopic (exact) mass is 287 g/mol. The first-order chi connectivity index (χ1) is 10.1. The third-order valence-electron chi connectivity index (χ3n) is 3.22. The topological polar surface area (TPSA) is 92.9 Å². The first-order valence-corrected chi connectivity index (χ1v) is 7.07. The SMILES string of the molecule is CCN(CC)c1nc(N)nc(NC(C)c2cccnc2)n1. The summed E-state index contributed by atoms with van der Waals surface area (Å²) in [5.41, 5.74) is 6.84. The first-order valence-electron chi connectivity index (χ1n) is 7.07. The molecule has 0 saturated heterocycles. The second-order valence-corrected chi connectivity index (χ2v) is 4.64. The van der Waals surface area contributed by atoms with Crippen LogP contribution < -0.4 is 16.0 Å². The Morgan fingerprint density at radius 3 is 2.62 bits per heavy atom. The summed E-state index contributed by atoms with van der Waals surface area (Å²) in [7, 11) is 0. The summed E-state index contributed by atoms with van der Waals surface area (Å²) in [6, 6.07) is 3.93. The molecule has 0 aromatic carbocycles. The minimum absolute atomic E-state index is 0.0325. The molecule has 1 unspecified atom stereocenters. The minimum atomic E-state index is 0.0325. The van der Waals surface area contributed by atoms with E-state index in [0.29, 0.717) is 11.9 Å². The summed E-state index contributed by atoms with van der Waals surface area (Å²) in [4.78, 5) is 18.9. The van der Waals surface area contributed by atoms with Crippen LogP contribution in [0.3, 0.4) is 0 Å². The fourth-order valence-corrected chi connectivity index (χ4v) is 2.00. The Bertz CT molecular complexity index is 569. The molecule has 2 aromatic heterocycles. The van der Waals surface area contributed by atoms with Crippen LogP contribution in [0.15, 0.2) is 24.5 Å². The maximum atomic E-state index is 5.78. The Labute approximate surface area is 124 Å². The summed E-state index contributed by atoms with van der Waals surface area (Å²) in [5, 5.41) is 3.23. The van der Waals surface area contributed by atoms with Crippen LogP contribution in [0, 0.1) is 0 Å². The van der Waals surface area contributed by atoms with Crippen LogP contribution in [0.2, 0.25) is 0 Å². The lowest BCUT2D eigenvalue weighted by Gasteiger charge is -2.20. The van der Waals surface area contributed by atoms with Gasteiger partial charge in [0, 0.05) is 25.5 Å². The van der Waals surface area contributed by atoms with Gasteiger partial charge in [0.1, 0.15) is 0 Å². The highest BCUT2D eigenvalue weighted by Gasteiger charge is 2.12. The number of nitrogen functional groups attached to an aromatic ring is 1. The van der Waals surface area contributed by atoms with Crippen molar-refractivity contribution >= 4 is 17.8 Å². The zero-order chi connectivity index (χ0) is 15.2. The molecule has 1 atom stereocenters. The second-order valence-electron chi connectivity index (χ2n) is 4.64. The van der Waals surface area contributed by atoms with Crippen LogP contribution in [0.25, 0.3) is 0 Å². The number of aromatic nitrogens is 4. The molecule has 0 aliphatic carbocycles. The molecule has 3 N–H and O–H groups in total. The molecule has 21 heavy (non-hydrogen) atoms. The summed E-state index contributed by atoms with van der Waals surface area (Å²) in [6.07, 6.45) is 3.56. The number of pyridine rings is 1. The van der Waals surface area contributed by atoms with Crippen LogP contribution in [0.5, 0.6) is 0 Å². The van der Waals surface area contributed by atoms with Crippen molar-refractivity contribution in [1.82, 2.24) is 19.9 Å². The molecule has 7 heteroatoms. The number of nitrogens with one attached hydrogen (secondary N) is 1. The van der Waals surface area contributed by atoms with Crippen molar-refractivity contribution in [1.29, 1.82) is 0 Å². The fourth-order valence-electron chi connectivity index (χ4n) is 2.00. The lowest BCUT2D eigenvalue weighted by molar-refractivity contribution is 0.801. The molecule has 2 aromatic rings. The van der Waals surface area contributed by atoms with Crippen molar-refractivity contribution in [2.75, 3.05) is 29.0 Å². The predicted octanol–water partition coefficient (Wildman–Crippen LogP) is 1.87. The molecule has 2 rings (SSSR count). The van der Waals surface area contributed by atoms with E-state index in [2.05, 4.69) is 39.1 Å². The number of nitrogens with zero attached hydrogens (tertiary/aromatic N) is 5. The van der Waals surface area contributed by atoms with Crippen LogP contribution in [0.4, 0.5) is 17.8 Å². The molecule has 0 saturated carbocycles. The van der Waals surface area contributed by atoms with E-state index < -0.39 is 0 Å². The number of rotatable bonds is 6. The zero-order valence-electron chi connectivity index (χ0n) is 12.6. The summed E-state index contributed by atoms with van der Waals surface area (Å²) >= 11 is 0. The molecule has 0 aliphatic heterocycles. The van der Waals surface area contributed by atoms with E-state index in [4.69, 9.17) is 5.73 Å². The average molecular weight is 287 g/mol. The number of nitrogens with two attached hydrogens (primary N) is 1. The largest absolute Gasteiger partial charge is 0.368 e. The molecular weight excluding hydrogens is 266 g/mol. The fraction of sp³-hybridized carbons (Fsp3) is 0.429. The summed E-state index contributed by atoms with van der Waals surface area (Å²) < 4.78 is 0. The first kappa shape index (κ1) is 15.0. The van der Waals surface area contributed by atoms with Gasteiger partial charge in [-0.15, -0.1) is 0 Å². The molecule has 0 aliphatic rings. The van der Waals surface area contributed by atoms with Gasteiger partial charge in [-0.2, -0.15) is 15.0 Å². The van der Waals surface area contributed by atoms with Gasteiger partial charge in [-0.1, -0.05) is 6.07 Å². The van der Waals surface area contributed by atoms with Crippen molar-refractivity contribution in [3.63, 3.8) is 0 Å². The third kappa shape index (κ3) is 3.77. The standard InChI is InChI=1S/C14H21N7/c1-4-21(5-2)14-19-12(15)18-13(20-14)17-10(3)11-7-6-8-16-9-11/h6-10H,4-5H2,1-3H3,(H3,15,17,18,19,20). The molecule has 112 valence electrons.